The minimum Gasteiger partial charge on any atom is -0.382 e. The molecule has 1 saturated heterocycles. The van der Waals surface area contributed by atoms with E-state index in [2.05, 4.69) is 35.9 Å². The maximum absolute atomic E-state index is 5.65. The van der Waals surface area contributed by atoms with E-state index in [9.17, 15) is 0 Å². The van der Waals surface area contributed by atoms with Gasteiger partial charge in [-0.3, -0.25) is 0 Å². The van der Waals surface area contributed by atoms with Crippen LogP contribution in [0, 0.1) is 0 Å². The van der Waals surface area contributed by atoms with E-state index in [-0.39, 0.29) is 11.6 Å². The molecule has 0 bridgehead atoms. The van der Waals surface area contributed by atoms with Crippen LogP contribution in [-0.2, 0) is 4.74 Å². The average molecular weight is 222 g/mol. The number of morpholine rings is 1. The highest BCUT2D eigenvalue weighted by Gasteiger charge is 2.37. The van der Waals surface area contributed by atoms with Crippen LogP contribution in [0.5, 0.6) is 0 Å². The van der Waals surface area contributed by atoms with Crippen molar-refractivity contribution in [3.8, 4) is 0 Å². The first-order valence-electron chi connectivity index (χ1n) is 5.50. The third-order valence-corrected chi connectivity index (χ3v) is 3.32. The molecular formula is C11H18N4O. The van der Waals surface area contributed by atoms with Crippen LogP contribution in [0.15, 0.2) is 12.1 Å². The third kappa shape index (κ3) is 1.82. The lowest BCUT2D eigenvalue weighted by atomic mass is 9.94. The number of nitrogen functional groups attached to an aromatic ring is 1. The Hall–Kier alpha value is -1.36. The Morgan fingerprint density at radius 2 is 2.19 bits per heavy atom. The van der Waals surface area contributed by atoms with Crippen LogP contribution in [0.1, 0.15) is 20.8 Å². The van der Waals surface area contributed by atoms with Gasteiger partial charge in [0.05, 0.1) is 18.2 Å². The second kappa shape index (κ2) is 3.90. The number of hydrogen-bond donors (Lipinski definition) is 1. The van der Waals surface area contributed by atoms with E-state index in [1.165, 1.54) is 0 Å². The van der Waals surface area contributed by atoms with Crippen LogP contribution in [0.25, 0.3) is 0 Å². The van der Waals surface area contributed by atoms with Crippen molar-refractivity contribution < 1.29 is 4.74 Å². The normalized spacial score (nSPS) is 24.4. The molecule has 88 valence electrons. The van der Waals surface area contributed by atoms with Crippen LogP contribution in [0.3, 0.4) is 0 Å². The second-order valence-corrected chi connectivity index (χ2v) is 4.63. The lowest BCUT2D eigenvalue weighted by Gasteiger charge is -2.47. The number of aromatic nitrogens is 2. The summed E-state index contributed by atoms with van der Waals surface area (Å²) >= 11 is 0. The summed E-state index contributed by atoms with van der Waals surface area (Å²) in [6.45, 7) is 7.92. The Morgan fingerprint density at radius 1 is 1.44 bits per heavy atom. The molecule has 0 aromatic carbocycles. The maximum Gasteiger partial charge on any atom is 0.152 e. The fourth-order valence-electron chi connectivity index (χ4n) is 1.92. The summed E-state index contributed by atoms with van der Waals surface area (Å²) in [6, 6.07) is 3.68. The van der Waals surface area contributed by atoms with Crippen LogP contribution >= 0.6 is 0 Å². The first kappa shape index (κ1) is 11.1. The number of nitrogens with two attached hydrogens (primary N) is 1. The Bertz CT molecular complexity index is 363. The summed E-state index contributed by atoms with van der Waals surface area (Å²) in [5, 5.41) is 8.02. The molecule has 0 amide bonds. The Kier molecular flexibility index (Phi) is 2.71. The summed E-state index contributed by atoms with van der Waals surface area (Å²) in [6.07, 6.45) is 0.167. The zero-order valence-electron chi connectivity index (χ0n) is 9.97. The minimum atomic E-state index is -0.0803. The zero-order valence-corrected chi connectivity index (χ0v) is 9.97. The van der Waals surface area contributed by atoms with Gasteiger partial charge in [0.1, 0.15) is 5.82 Å². The molecule has 5 heteroatoms. The molecule has 1 fully saturated rings. The first-order valence-corrected chi connectivity index (χ1v) is 5.50. The molecule has 1 aromatic heterocycles. The molecule has 0 saturated carbocycles. The highest BCUT2D eigenvalue weighted by molar-refractivity contribution is 5.44. The molecule has 1 aliphatic rings. The van der Waals surface area contributed by atoms with Gasteiger partial charge in [0.2, 0.25) is 0 Å². The lowest BCUT2D eigenvalue weighted by Crippen LogP contribution is -2.58. The van der Waals surface area contributed by atoms with E-state index >= 15 is 0 Å². The average Bonchev–Trinajstić information content (AvgIpc) is 2.24. The molecule has 1 aliphatic heterocycles. The maximum atomic E-state index is 5.65. The molecule has 1 atom stereocenters. The van der Waals surface area contributed by atoms with Crippen molar-refractivity contribution in [3.05, 3.63) is 12.1 Å². The van der Waals surface area contributed by atoms with Crippen molar-refractivity contribution in [2.45, 2.75) is 32.4 Å². The standard InChI is InChI=1S/C11H18N4O/c1-8-11(2,3)15(6-7-16-8)10-5-4-9(12)13-14-10/h4-5,8H,6-7H2,1-3H3,(H2,12,13). The molecule has 16 heavy (non-hydrogen) atoms. The van der Waals surface area contributed by atoms with Gasteiger partial charge in [0, 0.05) is 6.54 Å². The molecule has 1 aromatic rings. The van der Waals surface area contributed by atoms with Gasteiger partial charge in [0.25, 0.3) is 0 Å². The predicted molar refractivity (Wildman–Crippen MR) is 63.3 cm³/mol. The molecule has 2 N–H and O–H groups in total. The smallest absolute Gasteiger partial charge is 0.152 e. The van der Waals surface area contributed by atoms with E-state index in [4.69, 9.17) is 10.5 Å². The quantitative estimate of drug-likeness (QED) is 0.769. The Morgan fingerprint density at radius 3 is 2.81 bits per heavy atom. The zero-order chi connectivity index (χ0) is 11.8. The number of ether oxygens (including phenoxy) is 1. The molecule has 0 spiro atoms. The highest BCUT2D eigenvalue weighted by Crippen LogP contribution is 2.29. The summed E-state index contributed by atoms with van der Waals surface area (Å²) in [5.74, 6) is 1.30. The summed E-state index contributed by atoms with van der Waals surface area (Å²) < 4.78 is 5.65. The van der Waals surface area contributed by atoms with Gasteiger partial charge in [-0.1, -0.05) is 0 Å². The number of rotatable bonds is 1. The summed E-state index contributed by atoms with van der Waals surface area (Å²) in [7, 11) is 0. The van der Waals surface area contributed by atoms with Crippen molar-refractivity contribution in [1.29, 1.82) is 0 Å². The summed E-state index contributed by atoms with van der Waals surface area (Å²) in [4.78, 5) is 2.22. The number of anilines is 2. The fourth-order valence-corrected chi connectivity index (χ4v) is 1.92. The van der Waals surface area contributed by atoms with Crippen LogP contribution in [-0.4, -0.2) is 35.0 Å². The highest BCUT2D eigenvalue weighted by atomic mass is 16.5. The molecule has 2 heterocycles. The monoisotopic (exact) mass is 222 g/mol. The molecule has 1 unspecified atom stereocenters. The van der Waals surface area contributed by atoms with E-state index in [1.54, 1.807) is 6.07 Å². The van der Waals surface area contributed by atoms with Gasteiger partial charge in [-0.25, -0.2) is 0 Å². The van der Waals surface area contributed by atoms with Gasteiger partial charge in [-0.15, -0.1) is 10.2 Å². The number of hydrogen-bond acceptors (Lipinski definition) is 5. The molecule has 0 radical (unpaired) electrons. The third-order valence-electron chi connectivity index (χ3n) is 3.32. The van der Waals surface area contributed by atoms with E-state index in [0.29, 0.717) is 5.82 Å². The summed E-state index contributed by atoms with van der Waals surface area (Å²) in [5.41, 5.74) is 5.45. The minimum absolute atomic E-state index is 0.0803. The fraction of sp³-hybridized carbons (Fsp3) is 0.636. The Balaban J connectivity index is 2.28. The largest absolute Gasteiger partial charge is 0.382 e. The van der Waals surface area contributed by atoms with Gasteiger partial charge < -0.3 is 15.4 Å². The van der Waals surface area contributed by atoms with E-state index in [0.717, 1.165) is 19.0 Å². The van der Waals surface area contributed by atoms with Crippen LogP contribution < -0.4 is 10.6 Å². The molecule has 2 rings (SSSR count). The van der Waals surface area contributed by atoms with Crippen LogP contribution in [0.2, 0.25) is 0 Å². The van der Waals surface area contributed by atoms with E-state index in [1.807, 2.05) is 6.07 Å². The van der Waals surface area contributed by atoms with E-state index < -0.39 is 0 Å². The van der Waals surface area contributed by atoms with Crippen LogP contribution in [0.4, 0.5) is 11.6 Å². The van der Waals surface area contributed by atoms with Gasteiger partial charge in [-0.05, 0) is 32.9 Å². The first-order chi connectivity index (χ1) is 7.51. The van der Waals surface area contributed by atoms with Crippen molar-refractivity contribution >= 4 is 11.6 Å². The predicted octanol–water partition coefficient (Wildman–Crippen LogP) is 1.06. The molecular weight excluding hydrogens is 204 g/mol. The second-order valence-electron chi connectivity index (χ2n) is 4.63. The van der Waals surface area contributed by atoms with Crippen molar-refractivity contribution in [2.75, 3.05) is 23.8 Å². The Labute approximate surface area is 95.6 Å². The molecule has 0 aliphatic carbocycles. The van der Waals surface area contributed by atoms with Gasteiger partial charge in [0.15, 0.2) is 5.82 Å². The van der Waals surface area contributed by atoms with Crippen molar-refractivity contribution in [2.24, 2.45) is 0 Å². The lowest BCUT2D eigenvalue weighted by molar-refractivity contribution is -0.00675. The molecule has 5 nitrogen and oxygen atoms in total. The van der Waals surface area contributed by atoms with Crippen molar-refractivity contribution in [1.82, 2.24) is 10.2 Å². The van der Waals surface area contributed by atoms with Crippen molar-refractivity contribution in [3.63, 3.8) is 0 Å². The van der Waals surface area contributed by atoms with Gasteiger partial charge in [-0.2, -0.15) is 0 Å². The number of nitrogens with zero attached hydrogens (tertiary/aromatic N) is 3. The van der Waals surface area contributed by atoms with Gasteiger partial charge >= 0.3 is 0 Å². The SMILES string of the molecule is CC1OCCN(c2ccc(N)nn2)C1(C)C. The topological polar surface area (TPSA) is 64.3 Å².